The minimum Gasteiger partial charge on any atom is -0.0652 e. The second-order valence-corrected chi connectivity index (χ2v) is 5.71. The van der Waals surface area contributed by atoms with Crippen LogP contribution in [0.2, 0.25) is 0 Å². The SMILES string of the molecule is CCC(C)(BCc1ccccc1C)c1ccccc1. The van der Waals surface area contributed by atoms with Gasteiger partial charge in [-0.25, -0.2) is 0 Å². The lowest BCUT2D eigenvalue weighted by Gasteiger charge is -2.28. The molecule has 1 heteroatoms. The first-order valence-corrected chi connectivity index (χ1v) is 7.26. The van der Waals surface area contributed by atoms with Gasteiger partial charge in [-0.1, -0.05) is 86.7 Å². The first-order valence-electron chi connectivity index (χ1n) is 7.26. The van der Waals surface area contributed by atoms with Gasteiger partial charge in [0.2, 0.25) is 0 Å². The van der Waals surface area contributed by atoms with Gasteiger partial charge in [0, 0.05) is 0 Å². The normalized spacial score (nSPS) is 13.8. The molecule has 0 aliphatic heterocycles. The lowest BCUT2D eigenvalue weighted by atomic mass is 9.47. The lowest BCUT2D eigenvalue weighted by Crippen LogP contribution is -2.30. The smallest absolute Gasteiger partial charge is 0.0652 e. The van der Waals surface area contributed by atoms with Crippen LogP contribution in [0, 0.1) is 6.92 Å². The Labute approximate surface area is 118 Å². The highest BCUT2D eigenvalue weighted by Crippen LogP contribution is 2.27. The first-order chi connectivity index (χ1) is 9.15. The van der Waals surface area contributed by atoms with Crippen molar-refractivity contribution < 1.29 is 0 Å². The Bertz CT molecular complexity index is 518. The van der Waals surface area contributed by atoms with Crippen molar-refractivity contribution in [3.8, 4) is 0 Å². The topological polar surface area (TPSA) is 0 Å². The second-order valence-electron chi connectivity index (χ2n) is 5.71. The molecule has 2 aromatic carbocycles. The average molecular weight is 250 g/mol. The van der Waals surface area contributed by atoms with E-state index in [0.29, 0.717) is 0 Å². The summed E-state index contributed by atoms with van der Waals surface area (Å²) in [5.41, 5.74) is 4.36. The fraction of sp³-hybridized carbons (Fsp3) is 0.333. The molecule has 0 heterocycles. The molecule has 2 aromatic rings. The maximum absolute atomic E-state index is 2.39. The molecule has 0 aliphatic carbocycles. The minimum atomic E-state index is 0.281. The zero-order valence-electron chi connectivity index (χ0n) is 12.3. The van der Waals surface area contributed by atoms with Gasteiger partial charge in [0.05, 0.1) is 0 Å². The summed E-state index contributed by atoms with van der Waals surface area (Å²) in [6.45, 7) is 6.90. The fourth-order valence-electron chi connectivity index (χ4n) is 2.67. The van der Waals surface area contributed by atoms with Crippen LogP contribution in [0.25, 0.3) is 0 Å². The Morgan fingerprint density at radius 2 is 1.58 bits per heavy atom. The Morgan fingerprint density at radius 3 is 2.21 bits per heavy atom. The van der Waals surface area contributed by atoms with E-state index in [4.69, 9.17) is 0 Å². The van der Waals surface area contributed by atoms with E-state index in [1.54, 1.807) is 0 Å². The van der Waals surface area contributed by atoms with E-state index < -0.39 is 0 Å². The molecule has 98 valence electrons. The molecule has 1 unspecified atom stereocenters. The summed E-state index contributed by atoms with van der Waals surface area (Å²) >= 11 is 0. The zero-order chi connectivity index (χ0) is 13.7. The maximum atomic E-state index is 2.39. The Morgan fingerprint density at radius 1 is 0.947 bits per heavy atom. The number of rotatable bonds is 5. The fourth-order valence-corrected chi connectivity index (χ4v) is 2.67. The van der Waals surface area contributed by atoms with Gasteiger partial charge >= 0.3 is 0 Å². The van der Waals surface area contributed by atoms with E-state index in [2.05, 4.69) is 75.4 Å². The van der Waals surface area contributed by atoms with Crippen LogP contribution in [0.4, 0.5) is 0 Å². The van der Waals surface area contributed by atoms with Crippen molar-refractivity contribution in [3.05, 3.63) is 71.3 Å². The molecule has 0 fully saturated rings. The highest BCUT2D eigenvalue weighted by Gasteiger charge is 2.25. The Kier molecular flexibility index (Phi) is 4.47. The zero-order valence-corrected chi connectivity index (χ0v) is 12.3. The summed E-state index contributed by atoms with van der Waals surface area (Å²) in [6.07, 6.45) is 2.34. The van der Waals surface area contributed by atoms with E-state index in [0.717, 1.165) is 6.32 Å². The van der Waals surface area contributed by atoms with Gasteiger partial charge in [-0.3, -0.25) is 0 Å². The van der Waals surface area contributed by atoms with Gasteiger partial charge in [0.15, 0.2) is 0 Å². The van der Waals surface area contributed by atoms with Crippen molar-refractivity contribution in [1.82, 2.24) is 0 Å². The summed E-state index contributed by atoms with van der Waals surface area (Å²) in [6, 6.07) is 19.7. The highest BCUT2D eigenvalue weighted by molar-refractivity contribution is 6.39. The number of benzene rings is 2. The molecule has 0 bridgehead atoms. The van der Waals surface area contributed by atoms with E-state index in [-0.39, 0.29) is 5.31 Å². The van der Waals surface area contributed by atoms with Gasteiger partial charge in [0.1, 0.15) is 7.28 Å². The van der Waals surface area contributed by atoms with E-state index in [1.807, 2.05) is 0 Å². The van der Waals surface area contributed by atoms with Crippen LogP contribution in [0.15, 0.2) is 54.6 Å². The predicted molar refractivity (Wildman–Crippen MR) is 86.1 cm³/mol. The van der Waals surface area contributed by atoms with Crippen molar-refractivity contribution in [2.75, 3.05) is 0 Å². The van der Waals surface area contributed by atoms with Crippen LogP contribution in [-0.2, 0) is 11.6 Å². The quantitative estimate of drug-likeness (QED) is 0.695. The van der Waals surface area contributed by atoms with Gasteiger partial charge in [0.25, 0.3) is 0 Å². The summed E-state index contributed by atoms with van der Waals surface area (Å²) in [4.78, 5) is 0. The van der Waals surface area contributed by atoms with Gasteiger partial charge in [-0.05, 0) is 23.4 Å². The van der Waals surface area contributed by atoms with Crippen molar-refractivity contribution in [2.24, 2.45) is 0 Å². The van der Waals surface area contributed by atoms with E-state index in [1.165, 1.54) is 30.4 Å². The van der Waals surface area contributed by atoms with Crippen LogP contribution in [0.3, 0.4) is 0 Å². The molecular weight excluding hydrogens is 227 g/mol. The highest BCUT2D eigenvalue weighted by atomic mass is 14.2. The third-order valence-electron chi connectivity index (χ3n) is 4.46. The van der Waals surface area contributed by atoms with Crippen molar-refractivity contribution >= 4 is 7.28 Å². The van der Waals surface area contributed by atoms with Crippen LogP contribution in [0.5, 0.6) is 0 Å². The van der Waals surface area contributed by atoms with Crippen molar-refractivity contribution in [1.29, 1.82) is 0 Å². The summed E-state index contributed by atoms with van der Waals surface area (Å²) in [5, 5.41) is 0.281. The van der Waals surface area contributed by atoms with Crippen molar-refractivity contribution in [3.63, 3.8) is 0 Å². The summed E-state index contributed by atoms with van der Waals surface area (Å²) < 4.78 is 0. The molecule has 0 nitrogen and oxygen atoms in total. The number of hydrogen-bond donors (Lipinski definition) is 0. The lowest BCUT2D eigenvalue weighted by molar-refractivity contribution is 0.635. The molecule has 0 saturated carbocycles. The Balaban J connectivity index is 2.14. The van der Waals surface area contributed by atoms with Crippen LogP contribution >= 0.6 is 0 Å². The molecule has 0 amide bonds. The van der Waals surface area contributed by atoms with Crippen LogP contribution < -0.4 is 0 Å². The molecule has 19 heavy (non-hydrogen) atoms. The van der Waals surface area contributed by atoms with E-state index in [9.17, 15) is 0 Å². The first kappa shape index (κ1) is 13.9. The second kappa shape index (κ2) is 6.10. The third-order valence-corrected chi connectivity index (χ3v) is 4.46. The molecule has 1 atom stereocenters. The van der Waals surface area contributed by atoms with Gasteiger partial charge < -0.3 is 0 Å². The molecule has 0 N–H and O–H groups in total. The maximum Gasteiger partial charge on any atom is 0.138 e. The Hall–Kier alpha value is -1.50. The molecule has 0 saturated heterocycles. The molecule has 0 aliphatic rings. The summed E-state index contributed by atoms with van der Waals surface area (Å²) in [7, 11) is 1.21. The predicted octanol–water partition coefficient (Wildman–Crippen LogP) is 4.26. The van der Waals surface area contributed by atoms with Crippen molar-refractivity contribution in [2.45, 2.75) is 38.8 Å². The number of hydrogen-bond acceptors (Lipinski definition) is 0. The third kappa shape index (κ3) is 3.29. The molecule has 0 radical (unpaired) electrons. The largest absolute Gasteiger partial charge is 0.138 e. The van der Waals surface area contributed by atoms with Crippen LogP contribution in [0.1, 0.15) is 37.0 Å². The van der Waals surface area contributed by atoms with E-state index >= 15 is 0 Å². The molecule has 2 rings (SSSR count). The minimum absolute atomic E-state index is 0.281. The molecule has 0 aromatic heterocycles. The van der Waals surface area contributed by atoms with Gasteiger partial charge in [-0.15, -0.1) is 0 Å². The summed E-state index contributed by atoms with van der Waals surface area (Å²) in [5.74, 6) is 0. The van der Waals surface area contributed by atoms with Crippen LogP contribution in [-0.4, -0.2) is 7.28 Å². The monoisotopic (exact) mass is 250 g/mol. The molecular formula is C18H23B. The molecule has 0 spiro atoms. The number of aryl methyl sites for hydroxylation is 1. The average Bonchev–Trinajstić information content (AvgIpc) is 2.47. The van der Waals surface area contributed by atoms with Gasteiger partial charge in [-0.2, -0.15) is 0 Å². The standard InChI is InChI=1S/C18H23B/c1-4-18(3,17-12-6-5-7-13-17)19-14-16-11-9-8-10-15(16)2/h5-13,19H,4,14H2,1-3H3.